The van der Waals surface area contributed by atoms with Crippen LogP contribution in [0.2, 0.25) is 0 Å². The lowest BCUT2D eigenvalue weighted by atomic mass is 10.0. The van der Waals surface area contributed by atoms with E-state index in [1.807, 2.05) is 0 Å². The first-order valence-electron chi connectivity index (χ1n) is 5.25. The van der Waals surface area contributed by atoms with Crippen molar-refractivity contribution in [2.75, 3.05) is 0 Å². The van der Waals surface area contributed by atoms with Gasteiger partial charge in [-0.2, -0.15) is 0 Å². The summed E-state index contributed by atoms with van der Waals surface area (Å²) in [7, 11) is 0. The van der Waals surface area contributed by atoms with E-state index in [9.17, 15) is 20.0 Å². The van der Waals surface area contributed by atoms with Gasteiger partial charge in [0.25, 0.3) is 0 Å². The van der Waals surface area contributed by atoms with Crippen LogP contribution in [0.25, 0.3) is 11.1 Å². The minimum atomic E-state index is -0.666. The predicted molar refractivity (Wildman–Crippen MR) is 63.6 cm³/mol. The van der Waals surface area contributed by atoms with Crippen LogP contribution in [-0.2, 0) is 0 Å². The molecule has 0 spiro atoms. The first-order chi connectivity index (χ1) is 8.59. The van der Waals surface area contributed by atoms with Crippen molar-refractivity contribution in [1.29, 1.82) is 0 Å². The van der Waals surface area contributed by atoms with Gasteiger partial charge in [-0.3, -0.25) is 14.9 Å². The fourth-order valence-electron chi connectivity index (χ4n) is 2.19. The van der Waals surface area contributed by atoms with Crippen LogP contribution in [0, 0.1) is 10.1 Å². The molecule has 0 aliphatic heterocycles. The predicted octanol–water partition coefficient (Wildman–Crippen LogP) is 2.51. The second-order valence-electron chi connectivity index (χ2n) is 4.02. The number of hydrogen-bond acceptors (Lipinski definition) is 4. The molecule has 0 fully saturated rings. The van der Waals surface area contributed by atoms with Crippen LogP contribution >= 0.6 is 0 Å². The molecule has 0 bridgehead atoms. The Labute approximate surface area is 101 Å². The fraction of sp³-hybridized carbons (Fsp3) is 0. The average Bonchev–Trinajstić information content (AvgIpc) is 2.62. The first kappa shape index (κ1) is 10.5. The molecule has 88 valence electrons. The third-order valence-electron chi connectivity index (χ3n) is 3.02. The smallest absolute Gasteiger partial charge is 0.311 e. The summed E-state index contributed by atoms with van der Waals surface area (Å²) in [6.07, 6.45) is 0. The Balaban J connectivity index is 2.34. The molecule has 0 radical (unpaired) electrons. The van der Waals surface area contributed by atoms with Crippen LogP contribution in [0.5, 0.6) is 5.75 Å². The summed E-state index contributed by atoms with van der Waals surface area (Å²) < 4.78 is 0. The molecule has 0 heterocycles. The van der Waals surface area contributed by atoms with E-state index in [1.165, 1.54) is 6.07 Å². The Hall–Kier alpha value is -2.69. The number of nitrogens with zero attached hydrogens (tertiary/aromatic N) is 1. The van der Waals surface area contributed by atoms with Crippen molar-refractivity contribution >= 4 is 11.5 Å². The summed E-state index contributed by atoms with van der Waals surface area (Å²) in [6.45, 7) is 0. The molecule has 5 heteroatoms. The number of ketones is 1. The average molecular weight is 241 g/mol. The molecule has 0 saturated carbocycles. The number of phenolic OH excluding ortho intramolecular Hbond substituents is 1. The Morgan fingerprint density at radius 1 is 1.00 bits per heavy atom. The van der Waals surface area contributed by atoms with Crippen molar-refractivity contribution in [3.05, 3.63) is 57.6 Å². The van der Waals surface area contributed by atoms with Gasteiger partial charge in [-0.1, -0.05) is 24.3 Å². The number of nitro groups is 1. The largest absolute Gasteiger partial charge is 0.502 e. The highest BCUT2D eigenvalue weighted by Crippen LogP contribution is 2.41. The van der Waals surface area contributed by atoms with E-state index >= 15 is 0 Å². The number of phenols is 1. The van der Waals surface area contributed by atoms with Crippen molar-refractivity contribution in [2.45, 2.75) is 0 Å². The summed E-state index contributed by atoms with van der Waals surface area (Å²) in [5.74, 6) is -0.703. The molecule has 2 aromatic carbocycles. The van der Waals surface area contributed by atoms with Crippen molar-refractivity contribution in [2.24, 2.45) is 0 Å². The van der Waals surface area contributed by atoms with E-state index in [2.05, 4.69) is 0 Å². The summed E-state index contributed by atoms with van der Waals surface area (Å²) >= 11 is 0. The molecule has 1 aliphatic rings. The van der Waals surface area contributed by atoms with Crippen LogP contribution in [0.3, 0.4) is 0 Å². The molecular formula is C13H7NO4. The number of nitro benzene ring substituents is 1. The van der Waals surface area contributed by atoms with Gasteiger partial charge in [0.2, 0.25) is 0 Å². The first-order valence-corrected chi connectivity index (χ1v) is 5.25. The number of hydrogen-bond donors (Lipinski definition) is 1. The molecule has 0 aromatic heterocycles. The lowest BCUT2D eigenvalue weighted by Gasteiger charge is -2.01. The summed E-state index contributed by atoms with van der Waals surface area (Å²) in [5.41, 5.74) is 1.59. The lowest BCUT2D eigenvalue weighted by molar-refractivity contribution is -0.385. The van der Waals surface area contributed by atoms with Crippen molar-refractivity contribution in [3.8, 4) is 16.9 Å². The minimum absolute atomic E-state index is 0.217. The van der Waals surface area contributed by atoms with Crippen LogP contribution in [0.1, 0.15) is 15.9 Å². The van der Waals surface area contributed by atoms with Crippen molar-refractivity contribution in [1.82, 2.24) is 0 Å². The second kappa shape index (κ2) is 3.40. The number of benzene rings is 2. The van der Waals surface area contributed by atoms with Gasteiger partial charge in [0.15, 0.2) is 11.5 Å². The molecule has 2 aromatic rings. The highest BCUT2D eigenvalue weighted by atomic mass is 16.6. The maximum absolute atomic E-state index is 12.0. The van der Waals surface area contributed by atoms with Crippen LogP contribution in [0.15, 0.2) is 36.4 Å². The maximum Gasteiger partial charge on any atom is 0.311 e. The van der Waals surface area contributed by atoms with E-state index in [1.54, 1.807) is 24.3 Å². The maximum atomic E-state index is 12.0. The quantitative estimate of drug-likeness (QED) is 0.524. The monoisotopic (exact) mass is 241 g/mol. The van der Waals surface area contributed by atoms with E-state index < -0.39 is 16.4 Å². The Bertz CT molecular complexity index is 706. The van der Waals surface area contributed by atoms with E-state index in [-0.39, 0.29) is 5.78 Å². The Morgan fingerprint density at radius 2 is 1.67 bits per heavy atom. The van der Waals surface area contributed by atoms with E-state index in [4.69, 9.17) is 0 Å². The standard InChI is InChI=1S/C13H7NO4/c15-12-6-10-9(5-11(12)14(17)18)7-3-1-2-4-8(7)13(10)16/h1-6,15H. The topological polar surface area (TPSA) is 80.4 Å². The van der Waals surface area contributed by atoms with Crippen LogP contribution in [-0.4, -0.2) is 15.8 Å². The van der Waals surface area contributed by atoms with E-state index in [0.717, 1.165) is 6.07 Å². The number of fused-ring (bicyclic) bond motifs is 3. The van der Waals surface area contributed by atoms with Gasteiger partial charge in [0.05, 0.1) is 4.92 Å². The van der Waals surface area contributed by atoms with Crippen molar-refractivity contribution < 1.29 is 14.8 Å². The molecule has 1 aliphatic carbocycles. The molecule has 0 saturated heterocycles. The zero-order valence-electron chi connectivity index (χ0n) is 9.08. The van der Waals surface area contributed by atoms with Gasteiger partial charge in [-0.05, 0) is 11.6 Å². The van der Waals surface area contributed by atoms with Gasteiger partial charge < -0.3 is 5.11 Å². The van der Waals surface area contributed by atoms with Gasteiger partial charge in [0.1, 0.15) is 0 Å². The van der Waals surface area contributed by atoms with Gasteiger partial charge in [-0.15, -0.1) is 0 Å². The number of carbonyl (C=O) groups is 1. The third kappa shape index (κ3) is 1.24. The fourth-order valence-corrected chi connectivity index (χ4v) is 2.19. The van der Waals surface area contributed by atoms with Gasteiger partial charge in [0, 0.05) is 22.8 Å². The summed E-state index contributed by atoms with van der Waals surface area (Å²) in [5, 5.41) is 20.3. The highest BCUT2D eigenvalue weighted by molar-refractivity contribution is 6.22. The summed E-state index contributed by atoms with van der Waals surface area (Å²) in [4.78, 5) is 22.2. The molecule has 0 unspecified atom stereocenters. The van der Waals surface area contributed by atoms with Gasteiger partial charge >= 0.3 is 5.69 Å². The molecule has 3 rings (SSSR count). The third-order valence-corrected chi connectivity index (χ3v) is 3.02. The highest BCUT2D eigenvalue weighted by Gasteiger charge is 2.30. The number of aromatic hydroxyl groups is 1. The second-order valence-corrected chi connectivity index (χ2v) is 4.02. The minimum Gasteiger partial charge on any atom is -0.502 e. The van der Waals surface area contributed by atoms with Gasteiger partial charge in [-0.25, -0.2) is 0 Å². The normalized spacial score (nSPS) is 12.1. The molecular weight excluding hydrogens is 234 g/mol. The Morgan fingerprint density at radius 3 is 2.33 bits per heavy atom. The SMILES string of the molecule is O=C1c2ccccc2-c2cc([N+](=O)[O-])c(O)cc21. The zero-order chi connectivity index (χ0) is 12.9. The molecule has 18 heavy (non-hydrogen) atoms. The number of rotatable bonds is 1. The molecule has 0 atom stereocenters. The zero-order valence-corrected chi connectivity index (χ0v) is 9.08. The molecule has 0 amide bonds. The van der Waals surface area contributed by atoms with E-state index in [0.29, 0.717) is 22.3 Å². The lowest BCUT2D eigenvalue weighted by Crippen LogP contribution is -1.96. The number of carbonyl (C=O) groups excluding carboxylic acids is 1. The summed E-state index contributed by atoms with van der Waals surface area (Å²) in [6, 6.07) is 9.31. The van der Waals surface area contributed by atoms with Crippen LogP contribution in [0.4, 0.5) is 5.69 Å². The molecule has 5 nitrogen and oxygen atoms in total. The molecule has 1 N–H and O–H groups in total. The van der Waals surface area contributed by atoms with Crippen LogP contribution < -0.4 is 0 Å². The van der Waals surface area contributed by atoms with Crippen molar-refractivity contribution in [3.63, 3.8) is 0 Å². The Kier molecular flexibility index (Phi) is 1.98.